The quantitative estimate of drug-likeness (QED) is 0.375. The van der Waals surface area contributed by atoms with E-state index in [1.807, 2.05) is 5.28 Å². The maximum atomic E-state index is 12.5. The molecule has 1 aromatic carbocycles. The zero-order chi connectivity index (χ0) is 13.1. The fourth-order valence-electron chi connectivity index (χ4n) is 1.06. The minimum absolute atomic E-state index is 0.134. The summed E-state index contributed by atoms with van der Waals surface area (Å²) in [5.74, 6) is 0. The summed E-state index contributed by atoms with van der Waals surface area (Å²) < 4.78 is 37.4. The van der Waals surface area contributed by atoms with Crippen molar-refractivity contribution < 1.29 is 23.3 Å². The summed E-state index contributed by atoms with van der Waals surface area (Å²) in [6, 6.07) is 5.71. The monoisotopic (exact) mass is 246 g/mol. The number of anilines is 1. The van der Waals surface area contributed by atoms with Gasteiger partial charge in [0.2, 0.25) is 5.28 Å². The van der Waals surface area contributed by atoms with Crippen molar-refractivity contribution in [2.24, 2.45) is 5.28 Å². The van der Waals surface area contributed by atoms with E-state index in [0.29, 0.717) is 0 Å². The van der Waals surface area contributed by atoms with Crippen LogP contribution in [0.15, 0.2) is 29.5 Å². The summed E-state index contributed by atoms with van der Waals surface area (Å²) in [6.45, 7) is 0. The fourth-order valence-corrected chi connectivity index (χ4v) is 1.06. The number of hydrogen-bond acceptors (Lipinski definition) is 3. The molecule has 0 saturated carbocycles. The Morgan fingerprint density at radius 2 is 1.88 bits per heavy atom. The maximum absolute atomic E-state index is 12.5. The molecule has 0 aliphatic carbocycles. The smallest absolute Gasteiger partial charge is 0.539 e. The number of alkyl halides is 3. The van der Waals surface area contributed by atoms with E-state index in [9.17, 15) is 18.4 Å². The minimum atomic E-state index is -5.05. The van der Waals surface area contributed by atoms with Crippen LogP contribution in [-0.4, -0.2) is 16.5 Å². The van der Waals surface area contributed by atoms with Gasteiger partial charge in [-0.1, -0.05) is 0 Å². The second-order valence-electron chi connectivity index (χ2n) is 2.78. The average Bonchev–Trinajstić information content (AvgIpc) is 2.28. The third-order valence-electron chi connectivity index (χ3n) is 1.73. The predicted molar refractivity (Wildman–Crippen MR) is 47.5 cm³/mol. The second-order valence-corrected chi connectivity index (χ2v) is 2.78. The van der Waals surface area contributed by atoms with E-state index in [1.165, 1.54) is 0 Å². The third-order valence-corrected chi connectivity index (χ3v) is 1.73. The molecule has 0 amide bonds. The lowest BCUT2D eigenvalue weighted by atomic mass is 10.2. The van der Waals surface area contributed by atoms with Gasteiger partial charge >= 0.3 is 6.30 Å². The van der Waals surface area contributed by atoms with E-state index in [4.69, 9.17) is 10.5 Å². The molecular formula is C8H5F3N4O2. The van der Waals surface area contributed by atoms with Gasteiger partial charge in [-0.05, 0) is 29.3 Å². The van der Waals surface area contributed by atoms with E-state index in [2.05, 4.69) is 0 Å². The molecule has 0 radical (unpaired) electrons. The lowest BCUT2D eigenvalue weighted by molar-refractivity contribution is -0.598. The van der Waals surface area contributed by atoms with Crippen LogP contribution < -0.4 is 5.01 Å². The van der Waals surface area contributed by atoms with Gasteiger partial charge in [0.15, 0.2) is 0 Å². The van der Waals surface area contributed by atoms with E-state index >= 15 is 0 Å². The molecule has 6 nitrogen and oxygen atoms in total. The van der Waals surface area contributed by atoms with Gasteiger partial charge in [0.1, 0.15) is 5.69 Å². The van der Waals surface area contributed by atoms with Crippen molar-refractivity contribution >= 4 is 5.69 Å². The molecular weight excluding hydrogens is 241 g/mol. The van der Waals surface area contributed by atoms with Crippen LogP contribution in [0.4, 0.5) is 18.9 Å². The number of halogens is 3. The number of hydrazine groups is 1. The number of benzene rings is 1. The van der Waals surface area contributed by atoms with Crippen molar-refractivity contribution in [3.05, 3.63) is 35.0 Å². The van der Waals surface area contributed by atoms with Gasteiger partial charge in [0.05, 0.1) is 16.6 Å². The molecule has 0 unspecified atom stereocenters. The summed E-state index contributed by atoms with van der Waals surface area (Å²) in [4.78, 5) is -1.01. The van der Waals surface area contributed by atoms with Crippen molar-refractivity contribution in [2.45, 2.75) is 6.30 Å². The van der Waals surface area contributed by atoms with Crippen LogP contribution >= 0.6 is 0 Å². The number of nitriles is 1. The van der Waals surface area contributed by atoms with Gasteiger partial charge in [-0.25, -0.2) is 0 Å². The van der Waals surface area contributed by atoms with Gasteiger partial charge in [-0.15, -0.1) is 13.2 Å². The van der Waals surface area contributed by atoms with Crippen LogP contribution in [0.2, 0.25) is 0 Å². The highest BCUT2D eigenvalue weighted by Crippen LogP contribution is 2.28. The highest BCUT2D eigenvalue weighted by Gasteiger charge is 2.46. The third kappa shape index (κ3) is 2.75. The molecule has 0 saturated heterocycles. The van der Waals surface area contributed by atoms with E-state index < -0.39 is 22.0 Å². The summed E-state index contributed by atoms with van der Waals surface area (Å²) in [6.07, 6.45) is -5.05. The Morgan fingerprint density at radius 3 is 2.24 bits per heavy atom. The van der Waals surface area contributed by atoms with Gasteiger partial charge < -0.3 is 10.4 Å². The topological polar surface area (TPSA) is 85.7 Å². The Bertz CT molecular complexity index is 463. The van der Waals surface area contributed by atoms with Crippen molar-refractivity contribution in [1.29, 1.82) is 5.26 Å². The summed E-state index contributed by atoms with van der Waals surface area (Å²) in [7, 11) is 0. The number of hydrogen-bond donors (Lipinski definition) is 1. The molecule has 17 heavy (non-hydrogen) atoms. The molecule has 0 aliphatic rings. The Balaban J connectivity index is 3.19. The molecule has 0 fully saturated rings. The fraction of sp³-hybridized carbons (Fsp3) is 0.125. The van der Waals surface area contributed by atoms with Crippen LogP contribution in [0.3, 0.4) is 0 Å². The average molecular weight is 246 g/mol. The molecule has 0 heterocycles. The van der Waals surface area contributed by atoms with E-state index in [1.54, 1.807) is 6.07 Å². The molecule has 1 aromatic rings. The lowest BCUT2D eigenvalue weighted by Gasteiger charge is -2.19. The van der Waals surface area contributed by atoms with E-state index in [-0.39, 0.29) is 5.56 Å². The zero-order valence-corrected chi connectivity index (χ0v) is 8.09. The summed E-state index contributed by atoms with van der Waals surface area (Å²) >= 11 is 0. The highest BCUT2D eigenvalue weighted by molar-refractivity contribution is 5.47. The lowest BCUT2D eigenvalue weighted by Crippen LogP contribution is -2.43. The first-order chi connectivity index (χ1) is 7.90. The molecule has 0 aromatic heterocycles. The van der Waals surface area contributed by atoms with Crippen LogP contribution in [0.25, 0.3) is 0 Å². The van der Waals surface area contributed by atoms with Crippen LogP contribution in [-0.2, 0) is 0 Å². The number of rotatable bonds is 2. The Labute approximate surface area is 92.9 Å². The normalized spacial score (nSPS) is 12.0. The van der Waals surface area contributed by atoms with Gasteiger partial charge in [0, 0.05) is 0 Å². The highest BCUT2D eigenvalue weighted by atomic mass is 19.4. The van der Waals surface area contributed by atoms with Crippen LogP contribution in [0, 0.1) is 16.5 Å². The summed E-state index contributed by atoms with van der Waals surface area (Å²) in [5.41, 5.74) is -0.446. The molecule has 0 bridgehead atoms. The molecule has 0 spiro atoms. The molecule has 9 heteroatoms. The predicted octanol–water partition coefficient (Wildman–Crippen LogP) is 2.15. The Morgan fingerprint density at radius 1 is 1.35 bits per heavy atom. The Hall–Kier alpha value is -2.50. The van der Waals surface area contributed by atoms with E-state index in [0.717, 1.165) is 24.3 Å². The first-order valence-corrected chi connectivity index (χ1v) is 4.09. The van der Waals surface area contributed by atoms with Crippen molar-refractivity contribution in [3.63, 3.8) is 0 Å². The number of nitrogens with zero attached hydrogens (tertiary/aromatic N) is 4. The van der Waals surface area contributed by atoms with Crippen LogP contribution in [0.1, 0.15) is 5.56 Å². The Kier molecular flexibility index (Phi) is 3.37. The van der Waals surface area contributed by atoms with Crippen molar-refractivity contribution in [3.8, 4) is 6.07 Å². The largest absolute Gasteiger partial charge is 0.568 e. The summed E-state index contributed by atoms with van der Waals surface area (Å²) in [5, 5.41) is 28.5. The molecule has 1 rings (SSSR count). The zero-order valence-electron chi connectivity index (χ0n) is 8.09. The van der Waals surface area contributed by atoms with Gasteiger partial charge in [-0.2, -0.15) is 5.26 Å². The van der Waals surface area contributed by atoms with Crippen LogP contribution in [0.5, 0.6) is 0 Å². The SMILES string of the molecule is N#Cc1ccc(N(/[N+]([O-])=N/O)C(F)(F)F)cc1. The molecule has 90 valence electrons. The molecule has 0 atom stereocenters. The maximum Gasteiger partial charge on any atom is 0.539 e. The van der Waals surface area contributed by atoms with Crippen molar-refractivity contribution in [2.75, 3.05) is 5.01 Å². The minimum Gasteiger partial charge on any atom is -0.568 e. The molecule has 1 N–H and O–H groups in total. The standard InChI is InChI=1S/C8H5F3N4O2/c9-8(10,11)14(15(17)13-16)7-3-1-6(5-12)2-4-7/h1-4,16H/b15-13-. The second kappa shape index (κ2) is 4.56. The van der Waals surface area contributed by atoms with Gasteiger partial charge in [-0.3, -0.25) is 0 Å². The first kappa shape index (κ1) is 12.6. The molecule has 0 aliphatic heterocycles. The first-order valence-electron chi connectivity index (χ1n) is 4.09. The van der Waals surface area contributed by atoms with Crippen molar-refractivity contribution in [1.82, 2.24) is 0 Å². The van der Waals surface area contributed by atoms with Gasteiger partial charge in [0.25, 0.3) is 0 Å².